The fourth-order valence-electron chi connectivity index (χ4n) is 4.39. The number of anilines is 1. The summed E-state index contributed by atoms with van der Waals surface area (Å²) in [7, 11) is 0. The first kappa shape index (κ1) is 39.5. The number of amides is 2. The van der Waals surface area contributed by atoms with Gasteiger partial charge < -0.3 is 35.6 Å². The monoisotopic (exact) mass is 710 g/mol. The van der Waals surface area contributed by atoms with Crippen LogP contribution in [-0.4, -0.2) is 71.1 Å². The molecule has 0 bridgehead atoms. The molecular formula is C36H37F3N4O8. The largest absolute Gasteiger partial charge is 0.490 e. The summed E-state index contributed by atoms with van der Waals surface area (Å²) in [6, 6.07) is 30.1. The molecule has 51 heavy (non-hydrogen) atoms. The average molecular weight is 711 g/mol. The zero-order chi connectivity index (χ0) is 37.1. The Morgan fingerprint density at radius 1 is 0.784 bits per heavy atom. The molecule has 1 aromatic heterocycles. The molecule has 0 saturated carbocycles. The maximum Gasteiger partial charge on any atom is 0.490 e. The van der Waals surface area contributed by atoms with Gasteiger partial charge in [-0.3, -0.25) is 9.59 Å². The van der Waals surface area contributed by atoms with E-state index < -0.39 is 42.2 Å². The number of alkyl halides is 3. The van der Waals surface area contributed by atoms with Gasteiger partial charge in [0.2, 0.25) is 5.91 Å². The summed E-state index contributed by atoms with van der Waals surface area (Å²) in [5.74, 6) is -3.71. The van der Waals surface area contributed by atoms with Crippen LogP contribution in [0.3, 0.4) is 0 Å². The SMILES string of the molecule is O=C(O)C(F)(F)F.O=C(O)CC(NC(=O)C(COCc1ccccc1)NC(=O)OCCCNc1ccccn1)c1ccc(-c2ccccc2)cc1. The van der Waals surface area contributed by atoms with Crippen LogP contribution in [0.2, 0.25) is 0 Å². The first-order valence-electron chi connectivity index (χ1n) is 15.6. The lowest BCUT2D eigenvalue weighted by atomic mass is 9.99. The standard InChI is InChI=1S/C34H36N4O6.C2HF3O2/c39-32(40)22-29(28-17-15-27(16-18-28)26-12-5-2-6-13-26)37-33(41)30(24-43-23-25-10-3-1-4-11-25)38-34(42)44-21-9-20-36-31-14-7-8-19-35-31;3-2(4,5)1(6)7/h1-8,10-19,29-30H,9,20-24H2,(H,35,36)(H,37,41)(H,38,42)(H,39,40);(H,6,7). The number of nitrogens with one attached hydrogen (secondary N) is 3. The van der Waals surface area contributed by atoms with Gasteiger partial charge in [0.25, 0.3) is 0 Å². The van der Waals surface area contributed by atoms with Crippen molar-refractivity contribution in [1.29, 1.82) is 0 Å². The molecule has 4 rings (SSSR count). The Bertz CT molecular complexity index is 1660. The van der Waals surface area contributed by atoms with Gasteiger partial charge in [-0.05, 0) is 40.8 Å². The van der Waals surface area contributed by atoms with Gasteiger partial charge >= 0.3 is 24.2 Å². The van der Waals surface area contributed by atoms with Crippen LogP contribution in [0, 0.1) is 0 Å². The summed E-state index contributed by atoms with van der Waals surface area (Å²) < 4.78 is 42.8. The number of carbonyl (C=O) groups excluding carboxylic acids is 2. The first-order valence-corrected chi connectivity index (χ1v) is 15.6. The number of hydrogen-bond donors (Lipinski definition) is 5. The molecule has 0 fully saturated rings. The molecule has 0 aliphatic rings. The number of ether oxygens (including phenoxy) is 2. The van der Waals surface area contributed by atoms with E-state index in [4.69, 9.17) is 19.4 Å². The van der Waals surface area contributed by atoms with Crippen molar-refractivity contribution < 1.29 is 52.0 Å². The van der Waals surface area contributed by atoms with Crippen LogP contribution in [0.1, 0.15) is 30.0 Å². The highest BCUT2D eigenvalue weighted by Gasteiger charge is 2.38. The minimum atomic E-state index is -5.08. The lowest BCUT2D eigenvalue weighted by Gasteiger charge is -2.23. The fraction of sp³-hybridized carbons (Fsp3) is 0.250. The zero-order valence-electron chi connectivity index (χ0n) is 27.2. The third-order valence-electron chi connectivity index (χ3n) is 6.89. The lowest BCUT2D eigenvalue weighted by molar-refractivity contribution is -0.192. The fourth-order valence-corrected chi connectivity index (χ4v) is 4.39. The highest BCUT2D eigenvalue weighted by atomic mass is 19.4. The number of carbonyl (C=O) groups is 4. The van der Waals surface area contributed by atoms with Gasteiger partial charge in [0.1, 0.15) is 11.9 Å². The van der Waals surface area contributed by atoms with Crippen molar-refractivity contribution in [2.75, 3.05) is 25.1 Å². The molecule has 3 aromatic carbocycles. The van der Waals surface area contributed by atoms with E-state index in [2.05, 4.69) is 20.9 Å². The Hall–Kier alpha value is -5.96. The summed E-state index contributed by atoms with van der Waals surface area (Å²) in [5, 5.41) is 25.2. The van der Waals surface area contributed by atoms with E-state index in [0.29, 0.717) is 18.5 Å². The number of aromatic nitrogens is 1. The quantitative estimate of drug-likeness (QED) is 0.0890. The Labute approximate surface area is 291 Å². The number of hydrogen-bond acceptors (Lipinski definition) is 8. The predicted octanol–water partition coefficient (Wildman–Crippen LogP) is 5.83. The Morgan fingerprint density at radius 2 is 1.39 bits per heavy atom. The van der Waals surface area contributed by atoms with Crippen LogP contribution < -0.4 is 16.0 Å². The van der Waals surface area contributed by atoms with Gasteiger partial charge in [-0.2, -0.15) is 13.2 Å². The van der Waals surface area contributed by atoms with Crippen LogP contribution >= 0.6 is 0 Å². The van der Waals surface area contributed by atoms with Gasteiger partial charge in [0.15, 0.2) is 0 Å². The smallest absolute Gasteiger partial charge is 0.481 e. The topological polar surface area (TPSA) is 176 Å². The van der Waals surface area contributed by atoms with Gasteiger partial charge in [0.05, 0.1) is 32.3 Å². The number of rotatable bonds is 16. The number of alkyl carbamates (subject to hydrolysis) is 1. The average Bonchev–Trinajstić information content (AvgIpc) is 3.12. The molecule has 0 spiro atoms. The number of carboxylic acid groups (broad SMARTS) is 2. The third kappa shape index (κ3) is 15.0. The Balaban J connectivity index is 0.000000908. The van der Waals surface area contributed by atoms with Crippen LogP contribution in [0.4, 0.5) is 23.8 Å². The van der Waals surface area contributed by atoms with Crippen molar-refractivity contribution in [3.8, 4) is 11.1 Å². The second-order valence-electron chi connectivity index (χ2n) is 10.8. The second-order valence-corrected chi connectivity index (χ2v) is 10.8. The Kier molecular flexibility index (Phi) is 15.9. The lowest BCUT2D eigenvalue weighted by Crippen LogP contribution is -2.50. The number of halogens is 3. The number of pyridine rings is 1. The summed E-state index contributed by atoms with van der Waals surface area (Å²) >= 11 is 0. The summed E-state index contributed by atoms with van der Waals surface area (Å²) in [6.45, 7) is 0.721. The van der Waals surface area contributed by atoms with Crippen LogP contribution in [0.25, 0.3) is 11.1 Å². The van der Waals surface area contributed by atoms with Crippen molar-refractivity contribution in [2.24, 2.45) is 0 Å². The van der Waals surface area contributed by atoms with Crippen LogP contribution in [0.15, 0.2) is 109 Å². The molecule has 0 radical (unpaired) electrons. The summed E-state index contributed by atoms with van der Waals surface area (Å²) in [6.07, 6.45) is -4.02. The molecule has 1 heterocycles. The van der Waals surface area contributed by atoms with Crippen LogP contribution in [-0.2, 0) is 30.5 Å². The van der Waals surface area contributed by atoms with Crippen LogP contribution in [0.5, 0.6) is 0 Å². The maximum atomic E-state index is 13.4. The summed E-state index contributed by atoms with van der Waals surface area (Å²) in [4.78, 5) is 50.9. The van der Waals surface area contributed by atoms with E-state index in [0.717, 1.165) is 22.5 Å². The molecule has 5 N–H and O–H groups in total. The number of aliphatic carboxylic acids is 2. The Morgan fingerprint density at radius 3 is 1.98 bits per heavy atom. The van der Waals surface area contributed by atoms with E-state index in [9.17, 15) is 32.7 Å². The van der Waals surface area contributed by atoms with Crippen molar-refractivity contribution in [3.05, 3.63) is 120 Å². The molecule has 0 aliphatic heterocycles. The van der Waals surface area contributed by atoms with Crippen molar-refractivity contribution in [2.45, 2.75) is 37.7 Å². The molecule has 2 unspecified atom stereocenters. The van der Waals surface area contributed by atoms with Crippen molar-refractivity contribution in [3.63, 3.8) is 0 Å². The normalized spacial score (nSPS) is 11.9. The number of benzene rings is 3. The minimum absolute atomic E-state index is 0.111. The molecule has 270 valence electrons. The molecule has 4 aromatic rings. The zero-order valence-corrected chi connectivity index (χ0v) is 27.2. The van der Waals surface area contributed by atoms with E-state index >= 15 is 0 Å². The van der Waals surface area contributed by atoms with E-state index in [1.165, 1.54) is 0 Å². The molecule has 0 aliphatic carbocycles. The van der Waals surface area contributed by atoms with Crippen molar-refractivity contribution >= 4 is 29.8 Å². The van der Waals surface area contributed by atoms with Gasteiger partial charge in [-0.1, -0.05) is 91.0 Å². The second kappa shape index (κ2) is 20.5. The number of nitrogens with zero attached hydrogens (tertiary/aromatic N) is 1. The molecule has 15 heteroatoms. The highest BCUT2D eigenvalue weighted by molar-refractivity contribution is 5.86. The summed E-state index contributed by atoms with van der Waals surface area (Å²) in [5.41, 5.74) is 3.49. The van der Waals surface area contributed by atoms with E-state index in [-0.39, 0.29) is 26.2 Å². The predicted molar refractivity (Wildman–Crippen MR) is 180 cm³/mol. The highest BCUT2D eigenvalue weighted by Crippen LogP contribution is 2.24. The van der Waals surface area contributed by atoms with Gasteiger partial charge in [-0.25, -0.2) is 14.6 Å². The third-order valence-corrected chi connectivity index (χ3v) is 6.89. The maximum absolute atomic E-state index is 13.4. The molecule has 12 nitrogen and oxygen atoms in total. The number of carboxylic acids is 2. The minimum Gasteiger partial charge on any atom is -0.481 e. The van der Waals surface area contributed by atoms with Crippen molar-refractivity contribution in [1.82, 2.24) is 15.6 Å². The molecular weight excluding hydrogens is 673 g/mol. The molecule has 2 atom stereocenters. The molecule has 2 amide bonds. The van der Waals surface area contributed by atoms with E-state index in [1.807, 2.05) is 91.0 Å². The molecule has 0 saturated heterocycles. The van der Waals surface area contributed by atoms with E-state index in [1.54, 1.807) is 18.3 Å². The van der Waals surface area contributed by atoms with Gasteiger partial charge in [0, 0.05) is 12.7 Å². The van der Waals surface area contributed by atoms with Gasteiger partial charge in [-0.15, -0.1) is 0 Å². The first-order chi connectivity index (χ1) is 24.4.